The van der Waals surface area contributed by atoms with Gasteiger partial charge in [0.25, 0.3) is 0 Å². The van der Waals surface area contributed by atoms with E-state index in [2.05, 4.69) is 50.7 Å². The summed E-state index contributed by atoms with van der Waals surface area (Å²) in [4.78, 5) is 13.3. The van der Waals surface area contributed by atoms with E-state index >= 15 is 0 Å². The zero-order chi connectivity index (χ0) is 30.2. The predicted molar refractivity (Wildman–Crippen MR) is 175 cm³/mol. The van der Waals surface area contributed by atoms with Gasteiger partial charge >= 0.3 is 0 Å². The smallest absolute Gasteiger partial charge is 0.204 e. The van der Waals surface area contributed by atoms with Crippen molar-refractivity contribution in [3.8, 4) is 6.19 Å². The highest BCUT2D eigenvalue weighted by atomic mass is 35.5. The summed E-state index contributed by atoms with van der Waals surface area (Å²) in [5, 5.41) is 33.0. The van der Waals surface area contributed by atoms with Gasteiger partial charge in [0, 0.05) is 52.8 Å². The quantitative estimate of drug-likeness (QED) is 0.0438. The summed E-state index contributed by atoms with van der Waals surface area (Å²) in [7, 11) is 2.16. The molecule has 2 heterocycles. The first-order valence-electron chi connectivity index (χ1n) is 13.8. The van der Waals surface area contributed by atoms with Crippen molar-refractivity contribution in [2.75, 3.05) is 44.3 Å². The highest BCUT2D eigenvalue weighted by Crippen LogP contribution is 2.28. The zero-order valence-electron chi connectivity index (χ0n) is 23.9. The lowest BCUT2D eigenvalue weighted by Crippen LogP contribution is -2.40. The maximum absolute atomic E-state index is 9.00. The van der Waals surface area contributed by atoms with E-state index in [1.54, 1.807) is 11.8 Å². The van der Waals surface area contributed by atoms with Gasteiger partial charge in [-0.1, -0.05) is 36.2 Å². The Labute approximate surface area is 261 Å². The van der Waals surface area contributed by atoms with E-state index in [0.717, 1.165) is 73.2 Å². The molecule has 0 fully saturated rings. The number of aromatic nitrogens is 2. The van der Waals surface area contributed by atoms with E-state index in [1.165, 1.54) is 16.9 Å². The number of hydrogen-bond donors (Lipinski definition) is 5. The lowest BCUT2D eigenvalue weighted by Gasteiger charge is -2.24. The van der Waals surface area contributed by atoms with Crippen LogP contribution >= 0.6 is 34.7 Å². The molecule has 0 radical (unpaired) electrons. The fourth-order valence-corrected chi connectivity index (χ4v) is 6.25. The van der Waals surface area contributed by atoms with Gasteiger partial charge in [-0.15, -0.1) is 11.3 Å². The van der Waals surface area contributed by atoms with Crippen molar-refractivity contribution in [1.29, 1.82) is 16.1 Å². The number of nitrogens with two attached hydrogens (primary N) is 1. The number of thiazole rings is 1. The summed E-state index contributed by atoms with van der Waals surface area (Å²) >= 11 is 9.26. The first kappa shape index (κ1) is 33.1. The minimum atomic E-state index is -0.127. The maximum atomic E-state index is 9.00. The van der Waals surface area contributed by atoms with Gasteiger partial charge < -0.3 is 20.9 Å². The molecule has 1 aromatic carbocycles. The molecule has 3 aromatic rings. The molecule has 13 heteroatoms. The molecule has 0 aliphatic heterocycles. The van der Waals surface area contributed by atoms with Crippen LogP contribution in [0.25, 0.3) is 0 Å². The van der Waals surface area contributed by atoms with Crippen LogP contribution in [-0.4, -0.2) is 70.7 Å². The van der Waals surface area contributed by atoms with Crippen LogP contribution < -0.4 is 16.4 Å². The molecule has 0 aliphatic carbocycles. The van der Waals surface area contributed by atoms with Crippen LogP contribution in [0.3, 0.4) is 0 Å². The number of thioether (sulfide) groups is 1. The van der Waals surface area contributed by atoms with Gasteiger partial charge in [0.1, 0.15) is 0 Å². The Morgan fingerprint density at radius 2 is 1.90 bits per heavy atom. The monoisotopic (exact) mass is 626 g/mol. The van der Waals surface area contributed by atoms with E-state index in [9.17, 15) is 0 Å². The maximum Gasteiger partial charge on any atom is 0.204 e. The topological polar surface area (TPSA) is 154 Å². The van der Waals surface area contributed by atoms with Crippen LogP contribution in [0.1, 0.15) is 48.6 Å². The van der Waals surface area contributed by atoms with Crippen LogP contribution in [0.4, 0.5) is 5.13 Å². The fourth-order valence-electron chi connectivity index (χ4n) is 4.45. The number of guanidine groups is 2. The number of halogens is 1. The van der Waals surface area contributed by atoms with E-state index in [-0.39, 0.29) is 17.8 Å². The number of hydrogen-bond acceptors (Lipinski definition) is 8. The lowest BCUT2D eigenvalue weighted by molar-refractivity contribution is 0.310. The van der Waals surface area contributed by atoms with Crippen LogP contribution in [0.2, 0.25) is 5.02 Å². The summed E-state index contributed by atoms with van der Waals surface area (Å²) in [6.45, 7) is 3.34. The largest absolute Gasteiger partial charge is 0.370 e. The van der Waals surface area contributed by atoms with Crippen molar-refractivity contribution >= 4 is 51.8 Å². The van der Waals surface area contributed by atoms with Crippen LogP contribution in [0, 0.1) is 22.3 Å². The first-order chi connectivity index (χ1) is 20.4. The van der Waals surface area contributed by atoms with Gasteiger partial charge in [-0.25, -0.2) is 4.98 Å². The molecule has 42 heavy (non-hydrogen) atoms. The second-order valence-corrected chi connectivity index (χ2v) is 12.2. The van der Waals surface area contributed by atoms with Gasteiger partial charge in [0.15, 0.2) is 17.3 Å². The Hall–Kier alpha value is -3.37. The second-order valence-electron chi connectivity index (χ2n) is 9.82. The van der Waals surface area contributed by atoms with Crippen LogP contribution in [-0.2, 0) is 5.75 Å². The third-order valence-corrected chi connectivity index (χ3v) is 8.65. The number of nitrogens with zero attached hydrogens (tertiary/aromatic N) is 5. The molecular formula is C29H39ClN10S2. The molecule has 0 aliphatic rings. The Kier molecular flexibility index (Phi) is 14.4. The van der Waals surface area contributed by atoms with Crippen molar-refractivity contribution in [2.24, 2.45) is 5.73 Å². The predicted octanol–water partition coefficient (Wildman–Crippen LogP) is 5.36. The van der Waals surface area contributed by atoms with Crippen LogP contribution in [0.5, 0.6) is 0 Å². The third-order valence-electron chi connectivity index (χ3n) is 6.62. The normalized spacial score (nSPS) is 11.6. The number of nitriles is 1. The molecule has 6 N–H and O–H groups in total. The zero-order valence-corrected chi connectivity index (χ0v) is 26.2. The van der Waals surface area contributed by atoms with E-state index in [4.69, 9.17) is 33.4 Å². The number of anilines is 1. The van der Waals surface area contributed by atoms with Crippen molar-refractivity contribution in [1.82, 2.24) is 25.1 Å². The van der Waals surface area contributed by atoms with E-state index in [0.29, 0.717) is 11.7 Å². The van der Waals surface area contributed by atoms with Crippen molar-refractivity contribution in [3.05, 3.63) is 76.0 Å². The Morgan fingerprint density at radius 1 is 1.12 bits per heavy atom. The minimum absolute atomic E-state index is 0.127. The van der Waals surface area contributed by atoms with Crippen molar-refractivity contribution in [2.45, 2.75) is 37.4 Å². The van der Waals surface area contributed by atoms with E-state index in [1.807, 2.05) is 46.9 Å². The number of pyridine rings is 1. The SMILES string of the molecule is CN(CCCCCN(CCSCc1csc(NC(=N)N)n1)C(=N)NC#N)CCC(c1ccc(Cl)cc1)c1ccccn1. The standard InChI is InChI=1S/C29H39ClN10S2/c1-39(16-12-25(26-7-3-4-13-35-26)22-8-10-23(30)11-9-22)14-5-2-6-15-40(28(34)36-21-31)17-18-41-19-24-20-42-29(37-24)38-27(32)33/h3-4,7-11,13,20,25H,2,5-6,12,14-19H2,1H3,(H2,34,36)(H4,32,33,37,38). The highest BCUT2D eigenvalue weighted by Gasteiger charge is 2.16. The second kappa shape index (κ2) is 18.2. The van der Waals surface area contributed by atoms with E-state index < -0.39 is 0 Å². The molecule has 0 amide bonds. The first-order valence-corrected chi connectivity index (χ1v) is 16.2. The number of unbranched alkanes of at least 4 members (excludes halogenated alkanes) is 2. The Bertz CT molecular complexity index is 1280. The van der Waals surface area contributed by atoms with Gasteiger partial charge in [-0.3, -0.25) is 21.1 Å². The lowest BCUT2D eigenvalue weighted by atomic mass is 9.92. The average molecular weight is 627 g/mol. The molecule has 224 valence electrons. The molecule has 10 nitrogen and oxygen atoms in total. The average Bonchev–Trinajstić information content (AvgIpc) is 3.42. The van der Waals surface area contributed by atoms with Gasteiger partial charge in [0.05, 0.1) is 5.69 Å². The number of nitrogens with one attached hydrogen (secondary N) is 4. The number of rotatable bonds is 17. The highest BCUT2D eigenvalue weighted by molar-refractivity contribution is 7.98. The third kappa shape index (κ3) is 11.9. The molecule has 3 rings (SSSR count). The van der Waals surface area contributed by atoms with Gasteiger partial charge in [-0.05, 0) is 69.2 Å². The Balaban J connectivity index is 1.38. The molecule has 0 bridgehead atoms. The molecular weight excluding hydrogens is 588 g/mol. The molecule has 0 saturated carbocycles. The molecule has 0 saturated heterocycles. The Morgan fingerprint density at radius 3 is 2.62 bits per heavy atom. The summed E-state index contributed by atoms with van der Waals surface area (Å²) in [6, 6.07) is 14.1. The summed E-state index contributed by atoms with van der Waals surface area (Å²) in [5.74, 6) is 1.76. The van der Waals surface area contributed by atoms with Crippen LogP contribution in [0.15, 0.2) is 54.0 Å². The fraction of sp³-hybridized carbons (Fsp3) is 0.414. The molecule has 1 atom stereocenters. The van der Waals surface area contributed by atoms with Crippen molar-refractivity contribution < 1.29 is 0 Å². The summed E-state index contributed by atoms with van der Waals surface area (Å²) in [6.07, 6.45) is 7.73. The van der Waals surface area contributed by atoms with Crippen molar-refractivity contribution in [3.63, 3.8) is 0 Å². The number of benzene rings is 1. The summed E-state index contributed by atoms with van der Waals surface area (Å²) < 4.78 is 0. The van der Waals surface area contributed by atoms with Gasteiger partial charge in [-0.2, -0.15) is 17.0 Å². The molecule has 2 aromatic heterocycles. The van der Waals surface area contributed by atoms with Gasteiger partial charge in [0.2, 0.25) is 5.96 Å². The summed E-state index contributed by atoms with van der Waals surface area (Å²) in [5.41, 5.74) is 8.57. The molecule has 1 unspecified atom stereocenters. The molecule has 0 spiro atoms. The minimum Gasteiger partial charge on any atom is -0.370 e.